The van der Waals surface area contributed by atoms with E-state index >= 15 is 0 Å². The first-order valence-electron chi connectivity index (χ1n) is 10.6. The summed E-state index contributed by atoms with van der Waals surface area (Å²) < 4.78 is 68.3. The Morgan fingerprint density at radius 3 is 2.25 bits per heavy atom. The number of benzene rings is 2. The van der Waals surface area contributed by atoms with E-state index in [1.807, 2.05) is 4.90 Å². The zero-order valence-electron chi connectivity index (χ0n) is 17.4. The third-order valence-corrected chi connectivity index (χ3v) is 7.91. The Kier molecular flexibility index (Phi) is 6.43. The molecule has 32 heavy (non-hydrogen) atoms. The quantitative estimate of drug-likeness (QED) is 0.728. The van der Waals surface area contributed by atoms with Gasteiger partial charge in [-0.3, -0.25) is 4.79 Å². The van der Waals surface area contributed by atoms with Crippen molar-refractivity contribution in [1.29, 1.82) is 0 Å². The van der Waals surface area contributed by atoms with Crippen LogP contribution in [0.2, 0.25) is 0 Å². The van der Waals surface area contributed by atoms with Crippen LogP contribution in [-0.4, -0.2) is 44.8 Å². The van der Waals surface area contributed by atoms with Gasteiger partial charge in [-0.25, -0.2) is 21.6 Å². The van der Waals surface area contributed by atoms with Crippen LogP contribution >= 0.6 is 0 Å². The Morgan fingerprint density at radius 2 is 1.59 bits per heavy atom. The molecule has 2 aromatic rings. The molecule has 0 spiro atoms. The normalized spacial score (nSPS) is 18.2. The molecule has 0 bridgehead atoms. The molecule has 0 atom stereocenters. The van der Waals surface area contributed by atoms with Crippen molar-refractivity contribution in [3.05, 3.63) is 53.8 Å². The minimum absolute atomic E-state index is 0.00136. The average molecular weight is 468 g/mol. The molecule has 2 saturated heterocycles. The predicted octanol–water partition coefficient (Wildman–Crippen LogP) is 3.74. The van der Waals surface area contributed by atoms with Gasteiger partial charge >= 0.3 is 0 Å². The maximum absolute atomic E-state index is 14.5. The van der Waals surface area contributed by atoms with E-state index < -0.39 is 38.3 Å². The summed E-state index contributed by atoms with van der Waals surface area (Å²) in [5.41, 5.74) is 0.857. The summed E-state index contributed by atoms with van der Waals surface area (Å²) in [7, 11) is -4.21. The molecule has 2 aromatic carbocycles. The van der Waals surface area contributed by atoms with Crippen LogP contribution in [-0.2, 0) is 14.8 Å². The van der Waals surface area contributed by atoms with Gasteiger partial charge in [0.25, 0.3) is 0 Å². The van der Waals surface area contributed by atoms with Crippen LogP contribution in [0.15, 0.2) is 41.3 Å². The molecule has 4 rings (SSSR count). The van der Waals surface area contributed by atoms with Crippen molar-refractivity contribution < 1.29 is 26.4 Å². The van der Waals surface area contributed by atoms with Gasteiger partial charge in [0, 0.05) is 37.8 Å². The van der Waals surface area contributed by atoms with Crippen molar-refractivity contribution >= 4 is 27.3 Å². The van der Waals surface area contributed by atoms with Crippen molar-refractivity contribution in [1.82, 2.24) is 4.31 Å². The first-order valence-corrected chi connectivity index (χ1v) is 12.0. The molecule has 0 aromatic heterocycles. The van der Waals surface area contributed by atoms with Crippen LogP contribution in [0.5, 0.6) is 0 Å². The number of carbonyl (C=O) groups excluding carboxylic acids is 1. The van der Waals surface area contributed by atoms with Crippen LogP contribution < -0.4 is 10.2 Å². The van der Waals surface area contributed by atoms with Crippen LogP contribution in [0.3, 0.4) is 0 Å². The highest BCUT2D eigenvalue weighted by Crippen LogP contribution is 2.29. The topological polar surface area (TPSA) is 69.7 Å². The molecule has 6 nitrogen and oxygen atoms in total. The molecular weight excluding hydrogens is 443 g/mol. The summed E-state index contributed by atoms with van der Waals surface area (Å²) in [6.45, 7) is 1.62. The predicted molar refractivity (Wildman–Crippen MR) is 114 cm³/mol. The fourth-order valence-electron chi connectivity index (χ4n) is 4.22. The highest BCUT2D eigenvalue weighted by molar-refractivity contribution is 7.89. The van der Waals surface area contributed by atoms with Gasteiger partial charge in [-0.2, -0.15) is 4.31 Å². The fraction of sp³-hybridized carbons (Fsp3) is 0.409. The number of carbonyl (C=O) groups is 1. The Bertz CT molecular complexity index is 1110. The van der Waals surface area contributed by atoms with Crippen LogP contribution in [0.25, 0.3) is 0 Å². The maximum Gasteiger partial charge on any atom is 0.246 e. The molecule has 1 amide bonds. The zero-order chi connectivity index (χ0) is 22.9. The molecule has 2 aliphatic rings. The zero-order valence-corrected chi connectivity index (χ0v) is 18.2. The largest absolute Gasteiger partial charge is 0.369 e. The Labute approximate surface area is 185 Å². The number of amides is 1. The lowest BCUT2D eigenvalue weighted by Gasteiger charge is -2.30. The third kappa shape index (κ3) is 4.61. The monoisotopic (exact) mass is 467 g/mol. The first kappa shape index (κ1) is 22.6. The second-order valence-electron chi connectivity index (χ2n) is 8.10. The number of rotatable bonds is 5. The summed E-state index contributed by atoms with van der Waals surface area (Å²) in [6.07, 6.45) is 2.49. The van der Waals surface area contributed by atoms with Crippen molar-refractivity contribution in [3.8, 4) is 0 Å². The van der Waals surface area contributed by atoms with Gasteiger partial charge in [0.15, 0.2) is 0 Å². The molecular formula is C22H24F3N3O3S. The number of anilines is 2. The van der Waals surface area contributed by atoms with E-state index in [1.165, 1.54) is 6.07 Å². The second kappa shape index (κ2) is 9.11. The van der Waals surface area contributed by atoms with E-state index in [-0.39, 0.29) is 31.8 Å². The smallest absolute Gasteiger partial charge is 0.246 e. The fourth-order valence-corrected chi connectivity index (χ4v) is 5.76. The van der Waals surface area contributed by atoms with Crippen LogP contribution in [0, 0.1) is 23.4 Å². The number of halogens is 3. The lowest BCUT2D eigenvalue weighted by atomic mass is 9.97. The van der Waals surface area contributed by atoms with E-state index in [4.69, 9.17) is 0 Å². The number of nitrogens with one attached hydrogen (secondary N) is 1. The van der Waals surface area contributed by atoms with E-state index in [9.17, 15) is 26.4 Å². The Morgan fingerprint density at radius 1 is 0.906 bits per heavy atom. The lowest BCUT2D eigenvalue weighted by Crippen LogP contribution is -2.41. The van der Waals surface area contributed by atoms with Crippen molar-refractivity contribution in [2.75, 3.05) is 36.4 Å². The molecule has 2 heterocycles. The standard InChI is InChI=1S/C22H24F3N3O3S/c23-16-3-5-18(24)21(13-16)32(30,31)28-11-7-15(8-12-28)22(29)26-17-4-6-20(19(25)14-17)27-9-1-2-10-27/h3-6,13-15H,1-2,7-12H2,(H,26,29). The minimum atomic E-state index is -4.21. The highest BCUT2D eigenvalue weighted by atomic mass is 32.2. The van der Waals surface area contributed by atoms with Crippen molar-refractivity contribution in [2.24, 2.45) is 5.92 Å². The summed E-state index contributed by atoms with van der Waals surface area (Å²) in [5.74, 6) is -3.07. The summed E-state index contributed by atoms with van der Waals surface area (Å²) >= 11 is 0. The third-order valence-electron chi connectivity index (χ3n) is 6.00. The van der Waals surface area contributed by atoms with Crippen molar-refractivity contribution in [3.63, 3.8) is 0 Å². The van der Waals surface area contributed by atoms with Crippen LogP contribution in [0.1, 0.15) is 25.7 Å². The molecule has 1 N–H and O–H groups in total. The number of hydrogen-bond acceptors (Lipinski definition) is 4. The van der Waals surface area contributed by atoms with E-state index in [0.29, 0.717) is 17.4 Å². The van der Waals surface area contributed by atoms with Crippen molar-refractivity contribution in [2.45, 2.75) is 30.6 Å². The summed E-state index contributed by atoms with van der Waals surface area (Å²) in [5, 5.41) is 2.70. The van der Waals surface area contributed by atoms with Gasteiger partial charge in [-0.05, 0) is 62.1 Å². The molecule has 2 fully saturated rings. The Hall–Kier alpha value is -2.59. The van der Waals surface area contributed by atoms with Gasteiger partial charge in [0.2, 0.25) is 15.9 Å². The molecule has 0 unspecified atom stereocenters. The Balaban J connectivity index is 1.37. The van der Waals surface area contributed by atoms with E-state index in [2.05, 4.69) is 5.32 Å². The second-order valence-corrected chi connectivity index (χ2v) is 10.0. The average Bonchev–Trinajstić information content (AvgIpc) is 3.30. The molecule has 0 aliphatic carbocycles. The highest BCUT2D eigenvalue weighted by Gasteiger charge is 2.34. The number of sulfonamides is 1. The van der Waals surface area contributed by atoms with Crippen LogP contribution in [0.4, 0.5) is 24.5 Å². The first-order chi connectivity index (χ1) is 15.3. The van der Waals surface area contributed by atoms with Gasteiger partial charge < -0.3 is 10.2 Å². The van der Waals surface area contributed by atoms with Gasteiger partial charge in [0.1, 0.15) is 22.3 Å². The SMILES string of the molecule is O=C(Nc1ccc(N2CCCC2)c(F)c1)C1CCN(S(=O)(=O)c2cc(F)ccc2F)CC1. The summed E-state index contributed by atoms with van der Waals surface area (Å²) in [4.78, 5) is 13.9. The molecule has 0 saturated carbocycles. The van der Waals surface area contributed by atoms with E-state index in [1.54, 1.807) is 12.1 Å². The molecule has 172 valence electrons. The maximum atomic E-state index is 14.5. The molecule has 2 aliphatic heterocycles. The molecule has 10 heteroatoms. The van der Waals surface area contributed by atoms with E-state index in [0.717, 1.165) is 42.4 Å². The number of nitrogens with zero attached hydrogens (tertiary/aromatic N) is 2. The van der Waals surface area contributed by atoms with Gasteiger partial charge in [-0.1, -0.05) is 0 Å². The number of piperidine rings is 1. The van der Waals surface area contributed by atoms with Gasteiger partial charge in [-0.15, -0.1) is 0 Å². The van der Waals surface area contributed by atoms with Gasteiger partial charge in [0.05, 0.1) is 5.69 Å². The number of hydrogen-bond donors (Lipinski definition) is 1. The minimum Gasteiger partial charge on any atom is -0.369 e. The lowest BCUT2D eigenvalue weighted by molar-refractivity contribution is -0.120. The molecule has 0 radical (unpaired) electrons. The summed E-state index contributed by atoms with van der Waals surface area (Å²) in [6, 6.07) is 6.88.